The molecule has 0 aromatic heterocycles. The standard InChI is InChI=1S/C10H13NO3/c12-10(13)6-7-14-11-8-9-4-2-1-3-5-9/h1-5,11H,6-8H2,(H,12,13). The molecule has 0 radical (unpaired) electrons. The van der Waals surface area contributed by atoms with Crippen molar-refractivity contribution in [2.45, 2.75) is 13.0 Å². The van der Waals surface area contributed by atoms with Crippen molar-refractivity contribution in [3.8, 4) is 0 Å². The summed E-state index contributed by atoms with van der Waals surface area (Å²) in [7, 11) is 0. The summed E-state index contributed by atoms with van der Waals surface area (Å²) in [6.45, 7) is 0.766. The van der Waals surface area contributed by atoms with Gasteiger partial charge in [-0.3, -0.25) is 4.79 Å². The first-order valence-corrected chi connectivity index (χ1v) is 4.39. The van der Waals surface area contributed by atoms with E-state index in [1.165, 1.54) is 0 Å². The lowest BCUT2D eigenvalue weighted by atomic mass is 10.2. The molecule has 0 amide bonds. The smallest absolute Gasteiger partial charge is 0.305 e. The number of carboxylic acids is 1. The highest BCUT2D eigenvalue weighted by Crippen LogP contribution is 1.96. The maximum atomic E-state index is 10.1. The molecule has 0 aliphatic carbocycles. The number of carboxylic acid groups (broad SMARTS) is 1. The zero-order valence-electron chi connectivity index (χ0n) is 7.77. The fraction of sp³-hybridized carbons (Fsp3) is 0.300. The molecule has 0 bridgehead atoms. The molecule has 0 saturated carbocycles. The zero-order chi connectivity index (χ0) is 10.2. The van der Waals surface area contributed by atoms with E-state index in [1.807, 2.05) is 30.3 Å². The highest BCUT2D eigenvalue weighted by atomic mass is 16.6. The number of aliphatic carboxylic acids is 1. The first-order chi connectivity index (χ1) is 6.79. The summed E-state index contributed by atoms with van der Waals surface area (Å²) in [5.74, 6) is -0.855. The maximum absolute atomic E-state index is 10.1. The number of rotatable bonds is 6. The Kier molecular flexibility index (Phi) is 4.68. The van der Waals surface area contributed by atoms with Gasteiger partial charge in [-0.25, -0.2) is 0 Å². The van der Waals surface area contributed by atoms with Gasteiger partial charge in [0.15, 0.2) is 0 Å². The van der Waals surface area contributed by atoms with Gasteiger partial charge in [0.05, 0.1) is 13.0 Å². The minimum atomic E-state index is -0.855. The Morgan fingerprint density at radius 1 is 1.36 bits per heavy atom. The SMILES string of the molecule is O=C(O)CCONCc1ccccc1. The Morgan fingerprint density at radius 3 is 2.71 bits per heavy atom. The van der Waals surface area contributed by atoms with Gasteiger partial charge in [-0.15, -0.1) is 0 Å². The fourth-order valence-electron chi connectivity index (χ4n) is 0.941. The summed E-state index contributed by atoms with van der Waals surface area (Å²) in [4.78, 5) is 15.0. The lowest BCUT2D eigenvalue weighted by molar-refractivity contribution is -0.138. The third kappa shape index (κ3) is 4.59. The summed E-state index contributed by atoms with van der Waals surface area (Å²) in [6, 6.07) is 9.75. The average molecular weight is 195 g/mol. The molecule has 4 nitrogen and oxygen atoms in total. The Balaban J connectivity index is 2.08. The van der Waals surface area contributed by atoms with Crippen molar-refractivity contribution in [1.29, 1.82) is 0 Å². The van der Waals surface area contributed by atoms with Crippen LogP contribution in [0.4, 0.5) is 0 Å². The monoisotopic (exact) mass is 195 g/mol. The molecule has 4 heteroatoms. The van der Waals surface area contributed by atoms with Crippen LogP contribution in [-0.4, -0.2) is 17.7 Å². The quantitative estimate of drug-likeness (QED) is 0.528. The molecule has 0 atom stereocenters. The van der Waals surface area contributed by atoms with Crippen molar-refractivity contribution in [3.05, 3.63) is 35.9 Å². The molecule has 1 aromatic rings. The second-order valence-electron chi connectivity index (χ2n) is 2.80. The van der Waals surface area contributed by atoms with E-state index >= 15 is 0 Å². The molecule has 0 aliphatic heterocycles. The normalized spacial score (nSPS) is 10.0. The van der Waals surface area contributed by atoms with E-state index in [0.717, 1.165) is 5.56 Å². The molecule has 0 heterocycles. The topological polar surface area (TPSA) is 58.6 Å². The summed E-state index contributed by atoms with van der Waals surface area (Å²) in [5.41, 5.74) is 3.79. The minimum Gasteiger partial charge on any atom is -0.481 e. The van der Waals surface area contributed by atoms with E-state index < -0.39 is 5.97 Å². The third-order valence-electron chi connectivity index (χ3n) is 1.64. The van der Waals surface area contributed by atoms with Crippen molar-refractivity contribution >= 4 is 5.97 Å². The minimum absolute atomic E-state index is 0.0157. The van der Waals surface area contributed by atoms with Crippen LogP contribution in [0.25, 0.3) is 0 Å². The number of hydrogen-bond donors (Lipinski definition) is 2. The molecule has 1 aromatic carbocycles. The molecule has 14 heavy (non-hydrogen) atoms. The zero-order valence-corrected chi connectivity index (χ0v) is 7.77. The maximum Gasteiger partial charge on any atom is 0.305 e. The van der Waals surface area contributed by atoms with Crippen LogP contribution in [-0.2, 0) is 16.2 Å². The Bertz CT molecular complexity index is 274. The Morgan fingerprint density at radius 2 is 2.07 bits per heavy atom. The molecule has 0 unspecified atom stereocenters. The highest BCUT2D eigenvalue weighted by molar-refractivity contribution is 5.66. The van der Waals surface area contributed by atoms with E-state index in [-0.39, 0.29) is 13.0 Å². The van der Waals surface area contributed by atoms with Crippen molar-refractivity contribution in [3.63, 3.8) is 0 Å². The lowest BCUT2D eigenvalue weighted by Crippen LogP contribution is -2.16. The van der Waals surface area contributed by atoms with E-state index in [0.29, 0.717) is 6.54 Å². The first kappa shape index (κ1) is 10.7. The molecule has 0 saturated heterocycles. The molecule has 0 fully saturated rings. The second kappa shape index (κ2) is 6.12. The van der Waals surface area contributed by atoms with Gasteiger partial charge in [-0.1, -0.05) is 30.3 Å². The summed E-state index contributed by atoms with van der Waals surface area (Å²) < 4.78 is 0. The molecular weight excluding hydrogens is 182 g/mol. The molecule has 76 valence electrons. The van der Waals surface area contributed by atoms with Gasteiger partial charge in [0.1, 0.15) is 0 Å². The summed E-state index contributed by atoms with van der Waals surface area (Å²) in [6.07, 6.45) is 0.0157. The molecular formula is C10H13NO3. The van der Waals surface area contributed by atoms with Crippen molar-refractivity contribution < 1.29 is 14.7 Å². The number of hydroxylamine groups is 1. The fourth-order valence-corrected chi connectivity index (χ4v) is 0.941. The van der Waals surface area contributed by atoms with Gasteiger partial charge in [0.25, 0.3) is 0 Å². The summed E-state index contributed by atoms with van der Waals surface area (Å²) >= 11 is 0. The highest BCUT2D eigenvalue weighted by Gasteiger charge is 1.95. The van der Waals surface area contributed by atoms with Crippen LogP contribution < -0.4 is 5.48 Å². The predicted octanol–water partition coefficient (Wildman–Crippen LogP) is 1.18. The van der Waals surface area contributed by atoms with Crippen LogP contribution in [0.1, 0.15) is 12.0 Å². The number of carbonyl (C=O) groups is 1. The summed E-state index contributed by atoms with van der Waals surface area (Å²) in [5, 5.41) is 8.32. The van der Waals surface area contributed by atoms with E-state index in [9.17, 15) is 4.79 Å². The van der Waals surface area contributed by atoms with E-state index in [4.69, 9.17) is 9.94 Å². The number of nitrogens with one attached hydrogen (secondary N) is 1. The Labute approximate surface area is 82.5 Å². The second-order valence-corrected chi connectivity index (χ2v) is 2.80. The van der Waals surface area contributed by atoms with Crippen LogP contribution >= 0.6 is 0 Å². The molecule has 0 spiro atoms. The largest absolute Gasteiger partial charge is 0.481 e. The van der Waals surface area contributed by atoms with Gasteiger partial charge < -0.3 is 9.94 Å². The average Bonchev–Trinajstić information content (AvgIpc) is 2.18. The lowest BCUT2D eigenvalue weighted by Gasteiger charge is -2.03. The Hall–Kier alpha value is -1.39. The van der Waals surface area contributed by atoms with Crippen LogP contribution in [0, 0.1) is 0 Å². The molecule has 1 rings (SSSR count). The van der Waals surface area contributed by atoms with Crippen LogP contribution in [0.3, 0.4) is 0 Å². The first-order valence-electron chi connectivity index (χ1n) is 4.39. The van der Waals surface area contributed by atoms with E-state index in [2.05, 4.69) is 5.48 Å². The number of hydrogen-bond acceptors (Lipinski definition) is 3. The van der Waals surface area contributed by atoms with Gasteiger partial charge in [0.2, 0.25) is 0 Å². The van der Waals surface area contributed by atoms with Crippen molar-refractivity contribution in [1.82, 2.24) is 5.48 Å². The molecule has 0 aliphatic rings. The molecule has 2 N–H and O–H groups in total. The van der Waals surface area contributed by atoms with Gasteiger partial charge in [-0.05, 0) is 5.56 Å². The number of benzene rings is 1. The van der Waals surface area contributed by atoms with Gasteiger partial charge >= 0.3 is 5.97 Å². The third-order valence-corrected chi connectivity index (χ3v) is 1.64. The van der Waals surface area contributed by atoms with Crippen molar-refractivity contribution in [2.75, 3.05) is 6.61 Å². The van der Waals surface area contributed by atoms with Crippen LogP contribution in [0.2, 0.25) is 0 Å². The van der Waals surface area contributed by atoms with Crippen LogP contribution in [0.15, 0.2) is 30.3 Å². The van der Waals surface area contributed by atoms with Gasteiger partial charge in [-0.2, -0.15) is 5.48 Å². The van der Waals surface area contributed by atoms with Crippen LogP contribution in [0.5, 0.6) is 0 Å². The predicted molar refractivity (Wildman–Crippen MR) is 51.5 cm³/mol. The van der Waals surface area contributed by atoms with Crippen molar-refractivity contribution in [2.24, 2.45) is 0 Å². The van der Waals surface area contributed by atoms with Gasteiger partial charge in [0, 0.05) is 6.54 Å². The van der Waals surface area contributed by atoms with E-state index in [1.54, 1.807) is 0 Å².